The molecule has 0 atom stereocenters. The molecule has 0 aliphatic heterocycles. The maximum absolute atomic E-state index is 12.3. The van der Waals surface area contributed by atoms with E-state index in [2.05, 4.69) is 5.32 Å². The van der Waals surface area contributed by atoms with Crippen molar-refractivity contribution in [1.82, 2.24) is 0 Å². The van der Waals surface area contributed by atoms with Crippen LogP contribution in [0.2, 0.25) is 5.02 Å². The van der Waals surface area contributed by atoms with Crippen LogP contribution < -0.4 is 19.5 Å². The van der Waals surface area contributed by atoms with Gasteiger partial charge < -0.3 is 24.3 Å². The van der Waals surface area contributed by atoms with Crippen molar-refractivity contribution in [3.8, 4) is 17.2 Å². The van der Waals surface area contributed by atoms with Gasteiger partial charge >= 0.3 is 5.97 Å². The molecule has 2 rings (SSSR count). The average Bonchev–Trinajstić information content (AvgIpc) is 2.70. The third-order valence-electron chi connectivity index (χ3n) is 3.74. The zero-order valence-electron chi connectivity index (χ0n) is 16.8. The minimum absolute atomic E-state index is 0.242. The van der Waals surface area contributed by atoms with Crippen molar-refractivity contribution in [3.05, 3.63) is 47.0 Å². The molecule has 2 aromatic rings. The first-order valence-corrected chi connectivity index (χ1v) is 9.33. The van der Waals surface area contributed by atoms with E-state index in [4.69, 9.17) is 30.5 Å². The Morgan fingerprint density at radius 1 is 1.00 bits per heavy atom. The normalized spacial score (nSPS) is 10.4. The van der Waals surface area contributed by atoms with Crippen LogP contribution in [0.5, 0.6) is 17.2 Å². The number of halogens is 1. The number of ether oxygens (including phenoxy) is 4. The summed E-state index contributed by atoms with van der Waals surface area (Å²) in [6, 6.07) is 9.50. The number of amides is 1. The molecule has 0 radical (unpaired) electrons. The minimum Gasteiger partial charge on any atom is -0.495 e. The highest BCUT2D eigenvalue weighted by Crippen LogP contribution is 2.29. The molecule has 29 heavy (non-hydrogen) atoms. The van der Waals surface area contributed by atoms with Gasteiger partial charge in [-0.05, 0) is 42.3 Å². The number of benzene rings is 2. The number of methoxy groups -OCH3 is 2. The Morgan fingerprint density at radius 2 is 1.69 bits per heavy atom. The van der Waals surface area contributed by atoms with Crippen LogP contribution in [0.1, 0.15) is 24.2 Å². The maximum atomic E-state index is 12.3. The lowest BCUT2D eigenvalue weighted by molar-refractivity contribution is -0.119. The van der Waals surface area contributed by atoms with Crippen LogP contribution in [0.25, 0.3) is 0 Å². The van der Waals surface area contributed by atoms with Crippen molar-refractivity contribution in [2.24, 2.45) is 5.92 Å². The number of anilines is 1. The van der Waals surface area contributed by atoms with Gasteiger partial charge in [-0.15, -0.1) is 0 Å². The Balaban J connectivity index is 1.98. The first-order valence-electron chi connectivity index (χ1n) is 8.95. The molecule has 156 valence electrons. The van der Waals surface area contributed by atoms with E-state index in [-0.39, 0.29) is 5.56 Å². The quantitative estimate of drug-likeness (QED) is 0.611. The van der Waals surface area contributed by atoms with Gasteiger partial charge in [0.2, 0.25) is 0 Å². The molecule has 2 aromatic carbocycles. The van der Waals surface area contributed by atoms with Crippen LogP contribution in [0.4, 0.5) is 5.69 Å². The predicted molar refractivity (Wildman–Crippen MR) is 110 cm³/mol. The van der Waals surface area contributed by atoms with Gasteiger partial charge in [0.1, 0.15) is 5.75 Å². The Kier molecular flexibility index (Phi) is 8.15. The molecule has 0 aliphatic carbocycles. The second kappa shape index (κ2) is 10.6. The Labute approximate surface area is 174 Å². The average molecular weight is 422 g/mol. The highest BCUT2D eigenvalue weighted by molar-refractivity contribution is 6.31. The lowest BCUT2D eigenvalue weighted by Gasteiger charge is -2.13. The molecule has 7 nitrogen and oxygen atoms in total. The summed E-state index contributed by atoms with van der Waals surface area (Å²) >= 11 is 5.93. The highest BCUT2D eigenvalue weighted by Gasteiger charge is 2.15. The zero-order chi connectivity index (χ0) is 21.4. The molecule has 0 fully saturated rings. The van der Waals surface area contributed by atoms with E-state index in [1.54, 1.807) is 30.3 Å². The van der Waals surface area contributed by atoms with Gasteiger partial charge in [-0.1, -0.05) is 25.4 Å². The van der Waals surface area contributed by atoms with E-state index in [0.29, 0.717) is 40.5 Å². The SMILES string of the molecule is COc1ccc(Cl)cc1NC(=O)COC(=O)c1ccc(OCC(C)C)c(OC)c1. The molecule has 0 saturated heterocycles. The topological polar surface area (TPSA) is 83.1 Å². The Hall–Kier alpha value is -2.93. The standard InChI is InChI=1S/C21H24ClNO6/c1-13(2)11-28-18-7-5-14(9-19(18)27-4)21(25)29-12-20(24)23-16-10-15(22)6-8-17(16)26-3/h5-10,13H,11-12H2,1-4H3,(H,23,24). The Morgan fingerprint density at radius 3 is 2.34 bits per heavy atom. The van der Waals surface area contributed by atoms with Gasteiger partial charge in [0.05, 0.1) is 32.1 Å². The number of esters is 1. The van der Waals surface area contributed by atoms with Gasteiger partial charge in [0.25, 0.3) is 5.91 Å². The molecule has 0 saturated carbocycles. The Bertz CT molecular complexity index is 868. The monoisotopic (exact) mass is 421 g/mol. The van der Waals surface area contributed by atoms with Crippen LogP contribution in [0.15, 0.2) is 36.4 Å². The summed E-state index contributed by atoms with van der Waals surface area (Å²) in [6.07, 6.45) is 0. The molecule has 0 bridgehead atoms. The highest BCUT2D eigenvalue weighted by atomic mass is 35.5. The number of carbonyl (C=O) groups excluding carboxylic acids is 2. The fourth-order valence-electron chi connectivity index (χ4n) is 2.35. The maximum Gasteiger partial charge on any atom is 0.338 e. The van der Waals surface area contributed by atoms with Gasteiger partial charge in [0, 0.05) is 5.02 Å². The van der Waals surface area contributed by atoms with E-state index in [9.17, 15) is 9.59 Å². The summed E-state index contributed by atoms with van der Waals surface area (Å²) in [6.45, 7) is 4.11. The molecule has 1 amide bonds. The van der Waals surface area contributed by atoms with Crippen LogP contribution in [0.3, 0.4) is 0 Å². The second-order valence-corrected chi connectivity index (χ2v) is 6.98. The van der Waals surface area contributed by atoms with Crippen LogP contribution in [-0.4, -0.2) is 39.3 Å². The second-order valence-electron chi connectivity index (χ2n) is 6.54. The number of rotatable bonds is 9. The van der Waals surface area contributed by atoms with E-state index in [1.807, 2.05) is 13.8 Å². The summed E-state index contributed by atoms with van der Waals surface area (Å²) in [5.74, 6) is 0.545. The fourth-order valence-corrected chi connectivity index (χ4v) is 2.52. The minimum atomic E-state index is -0.660. The molecule has 1 N–H and O–H groups in total. The van der Waals surface area contributed by atoms with E-state index < -0.39 is 18.5 Å². The molecule has 0 heterocycles. The third kappa shape index (κ3) is 6.57. The van der Waals surface area contributed by atoms with E-state index >= 15 is 0 Å². The summed E-state index contributed by atoms with van der Waals surface area (Å²) < 4.78 is 21.2. The molecule has 0 spiro atoms. The van der Waals surface area contributed by atoms with Crippen molar-refractivity contribution >= 4 is 29.2 Å². The number of carbonyl (C=O) groups is 2. The number of nitrogens with one attached hydrogen (secondary N) is 1. The van der Waals surface area contributed by atoms with Crippen LogP contribution in [-0.2, 0) is 9.53 Å². The van der Waals surface area contributed by atoms with Gasteiger partial charge in [-0.3, -0.25) is 4.79 Å². The lowest BCUT2D eigenvalue weighted by atomic mass is 10.2. The van der Waals surface area contributed by atoms with Crippen molar-refractivity contribution < 1.29 is 28.5 Å². The van der Waals surface area contributed by atoms with E-state index in [1.165, 1.54) is 20.3 Å². The molecule has 8 heteroatoms. The summed E-state index contributed by atoms with van der Waals surface area (Å²) in [7, 11) is 2.96. The van der Waals surface area contributed by atoms with Gasteiger partial charge in [-0.2, -0.15) is 0 Å². The summed E-state index contributed by atoms with van der Waals surface area (Å²) in [4.78, 5) is 24.4. The molecule has 0 aromatic heterocycles. The third-order valence-corrected chi connectivity index (χ3v) is 3.98. The molecular weight excluding hydrogens is 398 g/mol. The molecule has 0 unspecified atom stereocenters. The number of hydrogen-bond acceptors (Lipinski definition) is 6. The smallest absolute Gasteiger partial charge is 0.338 e. The zero-order valence-corrected chi connectivity index (χ0v) is 17.5. The van der Waals surface area contributed by atoms with Crippen molar-refractivity contribution in [3.63, 3.8) is 0 Å². The predicted octanol–water partition coefficient (Wildman–Crippen LogP) is 4.19. The first kappa shape index (κ1) is 22.4. The summed E-state index contributed by atoms with van der Waals surface area (Å²) in [5.41, 5.74) is 0.626. The lowest BCUT2D eigenvalue weighted by Crippen LogP contribution is -2.21. The van der Waals surface area contributed by atoms with Crippen molar-refractivity contribution in [2.45, 2.75) is 13.8 Å². The molecular formula is C21H24ClNO6. The summed E-state index contributed by atoms with van der Waals surface area (Å²) in [5, 5.41) is 3.03. The van der Waals surface area contributed by atoms with Crippen molar-refractivity contribution in [1.29, 1.82) is 0 Å². The largest absolute Gasteiger partial charge is 0.495 e. The van der Waals surface area contributed by atoms with Crippen LogP contribution in [0, 0.1) is 5.92 Å². The van der Waals surface area contributed by atoms with Crippen molar-refractivity contribution in [2.75, 3.05) is 32.8 Å². The van der Waals surface area contributed by atoms with Gasteiger partial charge in [0.15, 0.2) is 18.1 Å². The molecule has 0 aliphatic rings. The van der Waals surface area contributed by atoms with Gasteiger partial charge in [-0.25, -0.2) is 4.79 Å². The van der Waals surface area contributed by atoms with Crippen LogP contribution >= 0.6 is 11.6 Å². The first-order chi connectivity index (χ1) is 13.8. The van der Waals surface area contributed by atoms with E-state index in [0.717, 1.165) is 0 Å². The number of hydrogen-bond donors (Lipinski definition) is 1. The fraction of sp³-hybridized carbons (Fsp3) is 0.333.